The van der Waals surface area contributed by atoms with Gasteiger partial charge in [-0.3, -0.25) is 24.1 Å². The van der Waals surface area contributed by atoms with Crippen molar-refractivity contribution in [2.45, 2.75) is 93.5 Å². The van der Waals surface area contributed by atoms with Gasteiger partial charge in [0.25, 0.3) is 0 Å². The minimum atomic E-state index is -0.436. The van der Waals surface area contributed by atoms with E-state index in [9.17, 15) is 24.0 Å². The van der Waals surface area contributed by atoms with E-state index in [1.807, 2.05) is 48.5 Å². The van der Waals surface area contributed by atoms with Gasteiger partial charge in [0, 0.05) is 31.8 Å². The first kappa shape index (κ1) is 36.3. The Hall–Kier alpha value is -2.29. The van der Waals surface area contributed by atoms with Crippen molar-refractivity contribution in [3.05, 3.63) is 0 Å². The lowest BCUT2D eigenvalue weighted by Crippen LogP contribution is -2.39. The van der Waals surface area contributed by atoms with E-state index >= 15 is 0 Å². The van der Waals surface area contributed by atoms with Gasteiger partial charge < -0.3 is 20.7 Å². The summed E-state index contributed by atoms with van der Waals surface area (Å²) in [5.74, 6) is -0.387. The number of imide groups is 1. The fourth-order valence-corrected chi connectivity index (χ4v) is 2.85. The zero-order chi connectivity index (χ0) is 27.1. The molecule has 9 nitrogen and oxygen atoms in total. The molecule has 1 fully saturated rings. The Morgan fingerprint density at radius 3 is 2.06 bits per heavy atom. The van der Waals surface area contributed by atoms with E-state index in [0.717, 1.165) is 12.7 Å². The summed E-state index contributed by atoms with van der Waals surface area (Å²) in [6, 6.07) is -0.436. The molecule has 9 heteroatoms. The molecule has 1 saturated heterocycles. The predicted octanol–water partition coefficient (Wildman–Crippen LogP) is 2.68. The van der Waals surface area contributed by atoms with Gasteiger partial charge in [-0.1, -0.05) is 54.9 Å². The standard InChI is InChI=1S/C16H26N2O4.C5H12N2O.2C2H6/c1-11(2)13(10-19)17-14(20)7-5-4-6-8-18-15(21)9-12(3)16(18)22;1-3-7-5(8)4-6-2;2*1-2/h10-13H,4-9H2,1-3H3,(H,17,20);6H,3-4H2,1-2H3,(H,7,8);2*1-2H3. The van der Waals surface area contributed by atoms with Crippen molar-refractivity contribution in [2.75, 3.05) is 26.7 Å². The molecule has 0 spiro atoms. The average Bonchev–Trinajstić information content (AvgIpc) is 3.06. The average molecular weight is 487 g/mol. The molecule has 1 aliphatic heterocycles. The normalized spacial score (nSPS) is 15.1. The molecule has 0 aromatic heterocycles. The molecular formula is C25H50N4O5. The summed E-state index contributed by atoms with van der Waals surface area (Å²) in [5.41, 5.74) is 0. The summed E-state index contributed by atoms with van der Waals surface area (Å²) in [4.78, 5) is 57.6. The van der Waals surface area contributed by atoms with E-state index < -0.39 is 6.04 Å². The van der Waals surface area contributed by atoms with Crippen LogP contribution < -0.4 is 16.0 Å². The largest absolute Gasteiger partial charge is 0.355 e. The minimum absolute atomic E-state index is 0.0509. The van der Waals surface area contributed by atoms with Crippen LogP contribution in [0.5, 0.6) is 0 Å². The number of unbranched alkanes of at least 4 members (excludes halogenated alkanes) is 2. The van der Waals surface area contributed by atoms with Gasteiger partial charge >= 0.3 is 0 Å². The zero-order valence-electron chi connectivity index (χ0n) is 23.0. The second-order valence-corrected chi connectivity index (χ2v) is 7.76. The molecule has 3 N–H and O–H groups in total. The van der Waals surface area contributed by atoms with Crippen LogP contribution in [0.25, 0.3) is 0 Å². The summed E-state index contributed by atoms with van der Waals surface area (Å²) in [7, 11) is 1.75. The molecule has 4 amide bonds. The number of carbonyl (C=O) groups excluding carboxylic acids is 5. The molecule has 0 bridgehead atoms. The summed E-state index contributed by atoms with van der Waals surface area (Å²) < 4.78 is 0. The van der Waals surface area contributed by atoms with Crippen LogP contribution >= 0.6 is 0 Å². The van der Waals surface area contributed by atoms with Crippen molar-refractivity contribution in [1.82, 2.24) is 20.9 Å². The number of rotatable bonds is 12. The van der Waals surface area contributed by atoms with E-state index in [1.54, 1.807) is 14.0 Å². The van der Waals surface area contributed by atoms with Crippen LogP contribution in [0.4, 0.5) is 0 Å². The third kappa shape index (κ3) is 17.2. The van der Waals surface area contributed by atoms with Crippen LogP contribution in [0, 0.1) is 11.8 Å². The molecule has 0 saturated carbocycles. The molecule has 0 aromatic carbocycles. The Labute approximate surface area is 207 Å². The number of likely N-dealkylation sites (N-methyl/N-ethyl adjacent to an activating group) is 2. The van der Waals surface area contributed by atoms with Gasteiger partial charge in [0.15, 0.2) is 0 Å². The first-order valence-corrected chi connectivity index (χ1v) is 12.7. The van der Waals surface area contributed by atoms with Gasteiger partial charge in [0.2, 0.25) is 23.6 Å². The summed E-state index contributed by atoms with van der Waals surface area (Å²) in [6.07, 6.45) is 3.58. The second kappa shape index (κ2) is 23.9. The molecule has 1 heterocycles. The summed E-state index contributed by atoms with van der Waals surface area (Å²) >= 11 is 0. The van der Waals surface area contributed by atoms with Crippen molar-refractivity contribution in [2.24, 2.45) is 11.8 Å². The number of aldehydes is 1. The van der Waals surface area contributed by atoms with Gasteiger partial charge in [-0.2, -0.15) is 0 Å². The van der Waals surface area contributed by atoms with Gasteiger partial charge in [-0.25, -0.2) is 0 Å². The quantitative estimate of drug-likeness (QED) is 0.221. The number of carbonyl (C=O) groups is 5. The molecule has 1 rings (SSSR count). The smallest absolute Gasteiger partial charge is 0.233 e. The van der Waals surface area contributed by atoms with Crippen LogP contribution in [0.2, 0.25) is 0 Å². The first-order valence-electron chi connectivity index (χ1n) is 12.7. The maximum atomic E-state index is 11.7. The van der Waals surface area contributed by atoms with Crippen LogP contribution in [0.15, 0.2) is 0 Å². The maximum Gasteiger partial charge on any atom is 0.233 e. The molecule has 200 valence electrons. The Bertz CT molecular complexity index is 574. The number of hydrogen-bond acceptors (Lipinski definition) is 6. The van der Waals surface area contributed by atoms with Crippen LogP contribution in [0.1, 0.15) is 87.5 Å². The van der Waals surface area contributed by atoms with Crippen molar-refractivity contribution in [3.8, 4) is 0 Å². The lowest BCUT2D eigenvalue weighted by atomic mass is 10.1. The second-order valence-electron chi connectivity index (χ2n) is 7.76. The van der Waals surface area contributed by atoms with Gasteiger partial charge in [0.1, 0.15) is 6.29 Å². The van der Waals surface area contributed by atoms with Gasteiger partial charge in [-0.05, 0) is 32.7 Å². The molecule has 2 atom stereocenters. The zero-order valence-corrected chi connectivity index (χ0v) is 23.0. The van der Waals surface area contributed by atoms with E-state index in [4.69, 9.17) is 0 Å². The van der Waals surface area contributed by atoms with E-state index in [1.165, 1.54) is 4.90 Å². The van der Waals surface area contributed by atoms with Gasteiger partial charge in [-0.15, -0.1) is 0 Å². The van der Waals surface area contributed by atoms with E-state index in [-0.39, 0.29) is 35.5 Å². The van der Waals surface area contributed by atoms with E-state index in [2.05, 4.69) is 16.0 Å². The molecule has 0 radical (unpaired) electrons. The SMILES string of the molecule is CC.CC.CC1CC(=O)N(CCCCCC(=O)NC(C=O)C(C)C)C1=O.CCNC(=O)CNC. The van der Waals surface area contributed by atoms with E-state index in [0.29, 0.717) is 45.3 Å². The number of amides is 4. The van der Waals surface area contributed by atoms with Crippen LogP contribution in [-0.4, -0.2) is 67.5 Å². The third-order valence-corrected chi connectivity index (χ3v) is 4.66. The van der Waals surface area contributed by atoms with Crippen molar-refractivity contribution < 1.29 is 24.0 Å². The van der Waals surface area contributed by atoms with Crippen LogP contribution in [-0.2, 0) is 24.0 Å². The lowest BCUT2D eigenvalue weighted by Gasteiger charge is -2.16. The highest BCUT2D eigenvalue weighted by molar-refractivity contribution is 6.03. The first-order chi connectivity index (χ1) is 16.2. The fourth-order valence-electron chi connectivity index (χ4n) is 2.85. The highest BCUT2D eigenvalue weighted by atomic mass is 16.2. The molecule has 34 heavy (non-hydrogen) atoms. The topological polar surface area (TPSA) is 125 Å². The molecule has 2 unspecified atom stereocenters. The Morgan fingerprint density at radius 2 is 1.65 bits per heavy atom. The third-order valence-electron chi connectivity index (χ3n) is 4.66. The number of nitrogens with zero attached hydrogens (tertiary/aromatic N) is 1. The van der Waals surface area contributed by atoms with Crippen molar-refractivity contribution in [3.63, 3.8) is 0 Å². The highest BCUT2D eigenvalue weighted by Crippen LogP contribution is 2.19. The molecule has 0 aliphatic carbocycles. The maximum absolute atomic E-state index is 11.7. The number of nitrogens with one attached hydrogen (secondary N) is 3. The fraction of sp³-hybridized carbons (Fsp3) is 0.800. The molecule has 1 aliphatic rings. The van der Waals surface area contributed by atoms with Crippen LogP contribution in [0.3, 0.4) is 0 Å². The monoisotopic (exact) mass is 486 g/mol. The number of hydrogen-bond donors (Lipinski definition) is 3. The number of likely N-dealkylation sites (tertiary alicyclic amines) is 1. The molecular weight excluding hydrogens is 436 g/mol. The van der Waals surface area contributed by atoms with Crippen molar-refractivity contribution >= 4 is 29.9 Å². The summed E-state index contributed by atoms with van der Waals surface area (Å²) in [6.45, 7) is 17.0. The highest BCUT2D eigenvalue weighted by Gasteiger charge is 2.34. The Balaban J connectivity index is -0.000000671. The summed E-state index contributed by atoms with van der Waals surface area (Å²) in [5, 5.41) is 8.08. The van der Waals surface area contributed by atoms with Gasteiger partial charge in [0.05, 0.1) is 12.6 Å². The van der Waals surface area contributed by atoms with Crippen molar-refractivity contribution in [1.29, 1.82) is 0 Å². The minimum Gasteiger partial charge on any atom is -0.355 e. The molecule has 0 aromatic rings. The predicted molar refractivity (Wildman–Crippen MR) is 137 cm³/mol. The lowest BCUT2D eigenvalue weighted by molar-refractivity contribution is -0.139. The Kier molecular flexibility index (Phi) is 25.5. The Morgan fingerprint density at radius 1 is 1.06 bits per heavy atom.